The monoisotopic (exact) mass is 361 g/mol. The van der Waals surface area contributed by atoms with Crippen molar-refractivity contribution in [3.8, 4) is 0 Å². The molecule has 3 aliphatic rings. The summed E-state index contributed by atoms with van der Waals surface area (Å²) in [6.45, 7) is 1.70. The maximum Gasteiger partial charge on any atom is 0.209 e. The van der Waals surface area contributed by atoms with Gasteiger partial charge < -0.3 is 26.2 Å². The third-order valence-electron chi connectivity index (χ3n) is 5.61. The van der Waals surface area contributed by atoms with Gasteiger partial charge in [-0.05, 0) is 31.3 Å². The summed E-state index contributed by atoms with van der Waals surface area (Å²) in [5, 5.41) is 41.1. The standard InChI is InChI=1S/C18H19NO7/c1-2-7-3-8-4-11-13(19)15(23)10(6-21)16(24)18(11,26)17(25)12(8)14(22)9(7)5-20/h2,5-6,8,11,13,20,23,25-26H,3-4,19H2,1H3/b7-2+,9-5-/t8?,11?,13?,18-/m1/s1. The average molecular weight is 361 g/mol. The quantitative estimate of drug-likeness (QED) is 0.195. The lowest BCUT2D eigenvalue weighted by molar-refractivity contribution is -0.145. The highest BCUT2D eigenvalue weighted by atomic mass is 16.3. The fourth-order valence-corrected chi connectivity index (χ4v) is 4.22. The van der Waals surface area contributed by atoms with Crippen LogP contribution in [0.1, 0.15) is 19.8 Å². The van der Waals surface area contributed by atoms with Crippen LogP contribution in [0.25, 0.3) is 0 Å². The zero-order valence-corrected chi connectivity index (χ0v) is 14.0. The maximum atomic E-state index is 12.7. The number of aldehydes is 1. The lowest BCUT2D eigenvalue weighted by atomic mass is 9.59. The Morgan fingerprint density at radius 2 is 1.92 bits per heavy atom. The molecule has 0 spiro atoms. The number of Topliss-reactive ketones (excluding diaryl/α,β-unsaturated/α-hetero) is 2. The Hall–Kier alpha value is -2.71. The number of hydrogen-bond donors (Lipinski definition) is 5. The minimum Gasteiger partial charge on any atom is -0.515 e. The van der Waals surface area contributed by atoms with Crippen LogP contribution in [0.3, 0.4) is 0 Å². The van der Waals surface area contributed by atoms with Gasteiger partial charge in [0.05, 0.1) is 17.9 Å². The number of aliphatic hydroxyl groups excluding tert-OH is 3. The summed E-state index contributed by atoms with van der Waals surface area (Å²) in [6, 6.07) is -1.25. The molecule has 8 heteroatoms. The summed E-state index contributed by atoms with van der Waals surface area (Å²) in [6.07, 6.45) is 2.67. The van der Waals surface area contributed by atoms with Crippen molar-refractivity contribution in [2.24, 2.45) is 17.6 Å². The first-order valence-electron chi connectivity index (χ1n) is 8.13. The Kier molecular flexibility index (Phi) is 4.12. The molecule has 0 aromatic heterocycles. The van der Waals surface area contributed by atoms with Crippen LogP contribution in [-0.4, -0.2) is 49.9 Å². The van der Waals surface area contributed by atoms with E-state index in [0.29, 0.717) is 11.8 Å². The minimum absolute atomic E-state index is 0.0334. The first-order chi connectivity index (χ1) is 12.2. The molecule has 4 atom stereocenters. The lowest BCUT2D eigenvalue weighted by Gasteiger charge is -2.47. The number of rotatable bonds is 1. The Bertz CT molecular complexity index is 848. The summed E-state index contributed by atoms with van der Waals surface area (Å²) < 4.78 is 0. The zero-order chi connectivity index (χ0) is 19.4. The van der Waals surface area contributed by atoms with Crippen molar-refractivity contribution in [2.75, 3.05) is 0 Å². The third-order valence-corrected chi connectivity index (χ3v) is 5.61. The third kappa shape index (κ3) is 2.06. The predicted molar refractivity (Wildman–Crippen MR) is 89.0 cm³/mol. The Balaban J connectivity index is 2.24. The summed E-state index contributed by atoms with van der Waals surface area (Å²) in [5.41, 5.74) is 2.98. The molecule has 3 aliphatic carbocycles. The molecule has 1 fully saturated rings. The van der Waals surface area contributed by atoms with Gasteiger partial charge in [0.2, 0.25) is 5.78 Å². The second-order valence-corrected chi connectivity index (χ2v) is 6.73. The van der Waals surface area contributed by atoms with Gasteiger partial charge in [-0.1, -0.05) is 6.08 Å². The Labute approximate surface area is 148 Å². The Morgan fingerprint density at radius 3 is 2.46 bits per heavy atom. The van der Waals surface area contributed by atoms with Crippen molar-refractivity contribution in [1.29, 1.82) is 0 Å². The van der Waals surface area contributed by atoms with Gasteiger partial charge in [0, 0.05) is 11.5 Å². The van der Waals surface area contributed by atoms with Crippen LogP contribution in [0.4, 0.5) is 0 Å². The van der Waals surface area contributed by atoms with E-state index in [1.165, 1.54) is 0 Å². The molecule has 26 heavy (non-hydrogen) atoms. The van der Waals surface area contributed by atoms with E-state index in [4.69, 9.17) is 5.73 Å². The van der Waals surface area contributed by atoms with Gasteiger partial charge in [0.25, 0.3) is 0 Å². The van der Waals surface area contributed by atoms with E-state index in [-0.39, 0.29) is 30.3 Å². The highest BCUT2D eigenvalue weighted by Crippen LogP contribution is 2.51. The molecular formula is C18H19NO7. The van der Waals surface area contributed by atoms with Crippen LogP contribution in [0.2, 0.25) is 0 Å². The van der Waals surface area contributed by atoms with Crippen LogP contribution in [0.15, 0.2) is 46.1 Å². The van der Waals surface area contributed by atoms with E-state index < -0.39 is 52.1 Å². The minimum atomic E-state index is -2.57. The zero-order valence-electron chi connectivity index (χ0n) is 14.0. The molecule has 8 nitrogen and oxygen atoms in total. The first kappa shape index (κ1) is 18.1. The summed E-state index contributed by atoms with van der Waals surface area (Å²) >= 11 is 0. The van der Waals surface area contributed by atoms with Crippen molar-refractivity contribution < 1.29 is 34.8 Å². The van der Waals surface area contributed by atoms with E-state index in [1.54, 1.807) is 13.0 Å². The van der Waals surface area contributed by atoms with E-state index in [9.17, 15) is 34.8 Å². The highest BCUT2D eigenvalue weighted by molar-refractivity contribution is 6.20. The summed E-state index contributed by atoms with van der Waals surface area (Å²) in [5.74, 6) is -5.05. The molecule has 0 bridgehead atoms. The van der Waals surface area contributed by atoms with Gasteiger partial charge in [-0.25, -0.2) is 0 Å². The van der Waals surface area contributed by atoms with Gasteiger partial charge in [-0.15, -0.1) is 0 Å². The highest BCUT2D eigenvalue weighted by Gasteiger charge is 2.61. The fraction of sp³-hybridized carbons (Fsp3) is 0.389. The second-order valence-electron chi connectivity index (χ2n) is 6.73. The number of ketones is 2. The molecule has 0 aliphatic heterocycles. The Morgan fingerprint density at radius 1 is 1.27 bits per heavy atom. The van der Waals surface area contributed by atoms with Crippen LogP contribution >= 0.6 is 0 Å². The number of allylic oxidation sites excluding steroid dienone is 4. The first-order valence-corrected chi connectivity index (χ1v) is 8.13. The van der Waals surface area contributed by atoms with E-state index in [0.717, 1.165) is 0 Å². The number of fused-ring (bicyclic) bond motifs is 2. The van der Waals surface area contributed by atoms with Crippen LogP contribution < -0.4 is 5.73 Å². The second kappa shape index (κ2) is 5.93. The molecule has 0 amide bonds. The number of carbonyl (C=O) groups excluding carboxylic acids is 3. The fourth-order valence-electron chi connectivity index (χ4n) is 4.22. The van der Waals surface area contributed by atoms with E-state index in [1.807, 2.05) is 0 Å². The molecule has 6 N–H and O–H groups in total. The predicted octanol–water partition coefficient (Wildman–Crippen LogP) is 0.448. The number of hydrogen-bond acceptors (Lipinski definition) is 8. The number of carbonyl (C=O) groups is 3. The molecule has 0 radical (unpaired) electrons. The summed E-state index contributed by atoms with van der Waals surface area (Å²) in [4.78, 5) is 36.5. The molecule has 1 saturated carbocycles. The smallest absolute Gasteiger partial charge is 0.209 e. The normalized spacial score (nSPS) is 37.9. The van der Waals surface area contributed by atoms with Crippen LogP contribution in [0, 0.1) is 11.8 Å². The van der Waals surface area contributed by atoms with Gasteiger partial charge >= 0.3 is 0 Å². The van der Waals surface area contributed by atoms with Gasteiger partial charge in [-0.3, -0.25) is 14.4 Å². The van der Waals surface area contributed by atoms with Crippen LogP contribution in [-0.2, 0) is 14.4 Å². The molecule has 0 saturated heterocycles. The van der Waals surface area contributed by atoms with Gasteiger partial charge in [-0.2, -0.15) is 0 Å². The SMILES string of the molecule is C/C=C1\CC2CC3C(N)C(O)=C(C=O)C(=O)[C@@]3(O)C(O)=C2C(=O)\C1=C/O. The number of aliphatic hydroxyl groups is 4. The number of nitrogens with two attached hydrogens (primary N) is 1. The van der Waals surface area contributed by atoms with Crippen molar-refractivity contribution in [3.63, 3.8) is 0 Å². The van der Waals surface area contributed by atoms with Gasteiger partial charge in [0.15, 0.2) is 17.7 Å². The molecule has 0 aromatic carbocycles. The maximum absolute atomic E-state index is 12.7. The molecule has 0 aromatic rings. The molecule has 3 rings (SSSR count). The molecule has 138 valence electrons. The lowest BCUT2D eigenvalue weighted by Crippen LogP contribution is -2.62. The van der Waals surface area contributed by atoms with Crippen molar-refractivity contribution in [2.45, 2.75) is 31.4 Å². The van der Waals surface area contributed by atoms with E-state index in [2.05, 4.69) is 0 Å². The van der Waals surface area contributed by atoms with Crippen molar-refractivity contribution in [1.82, 2.24) is 0 Å². The molecule has 0 heterocycles. The van der Waals surface area contributed by atoms with E-state index >= 15 is 0 Å². The largest absolute Gasteiger partial charge is 0.515 e. The average Bonchev–Trinajstić information content (AvgIpc) is 2.62. The summed E-state index contributed by atoms with van der Waals surface area (Å²) in [7, 11) is 0. The van der Waals surface area contributed by atoms with Crippen LogP contribution in [0.5, 0.6) is 0 Å². The van der Waals surface area contributed by atoms with Crippen molar-refractivity contribution in [3.05, 3.63) is 46.1 Å². The van der Waals surface area contributed by atoms with Gasteiger partial charge in [0.1, 0.15) is 17.1 Å². The molecular weight excluding hydrogens is 342 g/mol. The molecule has 3 unspecified atom stereocenters. The topological polar surface area (TPSA) is 158 Å². The van der Waals surface area contributed by atoms with Crippen molar-refractivity contribution >= 4 is 17.9 Å².